The van der Waals surface area contributed by atoms with Gasteiger partial charge in [-0.15, -0.1) is 5.10 Å². The zero-order valence-electron chi connectivity index (χ0n) is 11.9. The van der Waals surface area contributed by atoms with E-state index in [0.717, 1.165) is 4.68 Å². The van der Waals surface area contributed by atoms with Gasteiger partial charge in [-0.2, -0.15) is 0 Å². The SMILES string of the molecule is C[C@H](CNC(=O)c1cn(-c2cccc(Cl)c2F)nn1)[S@](C)=O. The second kappa shape index (κ2) is 6.97. The van der Waals surface area contributed by atoms with Gasteiger partial charge in [0.05, 0.1) is 11.2 Å². The highest BCUT2D eigenvalue weighted by Gasteiger charge is 2.16. The molecule has 1 amide bonds. The third-order valence-electron chi connectivity index (χ3n) is 3.02. The predicted molar refractivity (Wildman–Crippen MR) is 82.2 cm³/mol. The first kappa shape index (κ1) is 16.6. The summed E-state index contributed by atoms with van der Waals surface area (Å²) >= 11 is 5.70. The van der Waals surface area contributed by atoms with E-state index < -0.39 is 22.5 Å². The monoisotopic (exact) mass is 344 g/mol. The van der Waals surface area contributed by atoms with E-state index in [2.05, 4.69) is 15.6 Å². The molecule has 0 spiro atoms. The number of hydrogen-bond donors (Lipinski definition) is 1. The first-order valence-corrected chi connectivity index (χ1v) is 8.37. The molecule has 1 aromatic carbocycles. The van der Waals surface area contributed by atoms with Crippen LogP contribution >= 0.6 is 11.6 Å². The number of carbonyl (C=O) groups is 1. The van der Waals surface area contributed by atoms with Crippen LogP contribution < -0.4 is 5.32 Å². The highest BCUT2D eigenvalue weighted by molar-refractivity contribution is 7.84. The minimum absolute atomic E-state index is 0.0356. The summed E-state index contributed by atoms with van der Waals surface area (Å²) in [5.41, 5.74) is 0.135. The third kappa shape index (κ3) is 3.69. The molecule has 1 aromatic heterocycles. The van der Waals surface area contributed by atoms with E-state index in [-0.39, 0.29) is 28.2 Å². The van der Waals surface area contributed by atoms with Crippen molar-refractivity contribution in [2.45, 2.75) is 12.2 Å². The molecule has 2 atom stereocenters. The molecule has 0 saturated heterocycles. The van der Waals surface area contributed by atoms with Crippen LogP contribution in [0.15, 0.2) is 24.4 Å². The summed E-state index contributed by atoms with van der Waals surface area (Å²) in [5.74, 6) is -1.11. The molecule has 0 aliphatic carbocycles. The summed E-state index contributed by atoms with van der Waals surface area (Å²) in [5, 5.41) is 9.80. The summed E-state index contributed by atoms with van der Waals surface area (Å²) in [6, 6.07) is 4.46. The van der Waals surface area contributed by atoms with Crippen molar-refractivity contribution in [3.05, 3.63) is 40.9 Å². The van der Waals surface area contributed by atoms with Crippen LogP contribution in [0.1, 0.15) is 17.4 Å². The molecule has 0 saturated carbocycles. The largest absolute Gasteiger partial charge is 0.349 e. The van der Waals surface area contributed by atoms with E-state index >= 15 is 0 Å². The van der Waals surface area contributed by atoms with Crippen LogP contribution in [0.2, 0.25) is 5.02 Å². The first-order valence-electron chi connectivity index (χ1n) is 6.37. The molecule has 118 valence electrons. The van der Waals surface area contributed by atoms with Gasteiger partial charge in [-0.1, -0.05) is 22.9 Å². The van der Waals surface area contributed by atoms with Gasteiger partial charge in [0.15, 0.2) is 11.5 Å². The zero-order chi connectivity index (χ0) is 16.3. The van der Waals surface area contributed by atoms with Gasteiger partial charge >= 0.3 is 0 Å². The van der Waals surface area contributed by atoms with E-state index in [9.17, 15) is 13.4 Å². The fourth-order valence-corrected chi connectivity index (χ4v) is 2.09. The van der Waals surface area contributed by atoms with Crippen molar-refractivity contribution in [3.63, 3.8) is 0 Å². The molecule has 0 radical (unpaired) electrons. The van der Waals surface area contributed by atoms with Gasteiger partial charge in [0.25, 0.3) is 5.91 Å². The van der Waals surface area contributed by atoms with Crippen LogP contribution in [0, 0.1) is 5.82 Å². The number of carbonyl (C=O) groups excluding carboxylic acids is 1. The van der Waals surface area contributed by atoms with Gasteiger partial charge in [0, 0.05) is 28.9 Å². The fraction of sp³-hybridized carbons (Fsp3) is 0.308. The summed E-state index contributed by atoms with van der Waals surface area (Å²) in [6.07, 6.45) is 2.87. The maximum atomic E-state index is 13.9. The third-order valence-corrected chi connectivity index (χ3v) is 4.61. The van der Waals surface area contributed by atoms with Crippen molar-refractivity contribution in [1.82, 2.24) is 20.3 Å². The number of halogens is 2. The number of amides is 1. The minimum atomic E-state index is -1.03. The Balaban J connectivity index is 2.13. The molecule has 0 aliphatic rings. The van der Waals surface area contributed by atoms with Gasteiger partial charge < -0.3 is 5.32 Å². The summed E-state index contributed by atoms with van der Waals surface area (Å²) in [7, 11) is -1.03. The van der Waals surface area contributed by atoms with E-state index in [0.29, 0.717) is 0 Å². The average Bonchev–Trinajstić information content (AvgIpc) is 2.96. The second-order valence-electron chi connectivity index (χ2n) is 4.64. The number of benzene rings is 1. The maximum absolute atomic E-state index is 13.9. The van der Waals surface area contributed by atoms with Crippen LogP contribution in [0.25, 0.3) is 5.69 Å². The quantitative estimate of drug-likeness (QED) is 0.893. The van der Waals surface area contributed by atoms with E-state index in [1.165, 1.54) is 18.3 Å². The van der Waals surface area contributed by atoms with Gasteiger partial charge in [-0.3, -0.25) is 9.00 Å². The molecule has 22 heavy (non-hydrogen) atoms. The fourth-order valence-electron chi connectivity index (χ4n) is 1.60. The average molecular weight is 345 g/mol. The lowest BCUT2D eigenvalue weighted by Crippen LogP contribution is -2.32. The topological polar surface area (TPSA) is 76.9 Å². The summed E-state index contributed by atoms with van der Waals surface area (Å²) in [6.45, 7) is 2.01. The van der Waals surface area contributed by atoms with Gasteiger partial charge in [0.2, 0.25) is 0 Å². The Bertz CT molecular complexity index is 722. The van der Waals surface area contributed by atoms with E-state index in [1.807, 2.05) is 0 Å². The van der Waals surface area contributed by atoms with Crippen molar-refractivity contribution in [2.75, 3.05) is 12.8 Å². The molecule has 9 heteroatoms. The molecule has 1 heterocycles. The summed E-state index contributed by atoms with van der Waals surface area (Å²) in [4.78, 5) is 11.9. The number of aromatic nitrogens is 3. The van der Waals surface area contributed by atoms with Crippen LogP contribution in [0.3, 0.4) is 0 Å². The zero-order valence-corrected chi connectivity index (χ0v) is 13.5. The smallest absolute Gasteiger partial charge is 0.273 e. The number of rotatable bonds is 5. The van der Waals surface area contributed by atoms with Gasteiger partial charge in [-0.05, 0) is 19.1 Å². The lowest BCUT2D eigenvalue weighted by atomic mass is 10.3. The molecule has 6 nitrogen and oxygen atoms in total. The standard InChI is InChI=1S/C13H14ClFN4O2S/c1-8(22(2)21)6-16-13(20)10-7-19(18-17-10)11-5-3-4-9(14)12(11)15/h3-5,7-8H,6H2,1-2H3,(H,16,20)/t8-,22+/m1/s1. The highest BCUT2D eigenvalue weighted by atomic mass is 35.5. The number of hydrogen-bond acceptors (Lipinski definition) is 4. The van der Waals surface area contributed by atoms with Crippen molar-refractivity contribution < 1.29 is 13.4 Å². The molecule has 2 rings (SSSR count). The van der Waals surface area contributed by atoms with Crippen LogP contribution in [0.5, 0.6) is 0 Å². The van der Waals surface area contributed by atoms with Crippen LogP contribution in [0.4, 0.5) is 4.39 Å². The molecule has 0 unspecified atom stereocenters. The molecule has 0 bridgehead atoms. The molecular weight excluding hydrogens is 331 g/mol. The van der Waals surface area contributed by atoms with Crippen LogP contribution in [-0.4, -0.2) is 43.2 Å². The van der Waals surface area contributed by atoms with E-state index in [1.54, 1.807) is 19.2 Å². The summed E-state index contributed by atoms with van der Waals surface area (Å²) < 4.78 is 26.2. The lowest BCUT2D eigenvalue weighted by molar-refractivity contribution is 0.0949. The first-order chi connectivity index (χ1) is 10.4. The Labute approximate surface area is 134 Å². The Morgan fingerprint density at radius 1 is 1.55 bits per heavy atom. The molecular formula is C13H14ClFN4O2S. The van der Waals surface area contributed by atoms with Crippen LogP contribution in [-0.2, 0) is 10.8 Å². The Morgan fingerprint density at radius 2 is 2.27 bits per heavy atom. The molecule has 0 fully saturated rings. The van der Waals surface area contributed by atoms with Gasteiger partial charge in [-0.25, -0.2) is 9.07 Å². The molecule has 1 N–H and O–H groups in total. The minimum Gasteiger partial charge on any atom is -0.349 e. The van der Waals surface area contributed by atoms with Gasteiger partial charge in [0.1, 0.15) is 5.69 Å². The number of nitrogens with zero attached hydrogens (tertiary/aromatic N) is 3. The van der Waals surface area contributed by atoms with Crippen molar-refractivity contribution in [1.29, 1.82) is 0 Å². The van der Waals surface area contributed by atoms with E-state index in [4.69, 9.17) is 11.6 Å². The Hall–Kier alpha value is -1.80. The Kier molecular flexibility index (Phi) is 5.25. The predicted octanol–water partition coefficient (Wildman–Crippen LogP) is 1.56. The lowest BCUT2D eigenvalue weighted by Gasteiger charge is -2.08. The molecule has 2 aromatic rings. The van der Waals surface area contributed by atoms with Crippen molar-refractivity contribution in [2.24, 2.45) is 0 Å². The molecule has 0 aliphatic heterocycles. The second-order valence-corrected chi connectivity index (χ2v) is 6.85. The number of nitrogens with one attached hydrogen (secondary N) is 1. The Morgan fingerprint density at radius 3 is 2.95 bits per heavy atom. The van der Waals surface area contributed by atoms with Crippen molar-refractivity contribution >= 4 is 28.3 Å². The normalized spacial score (nSPS) is 13.6. The maximum Gasteiger partial charge on any atom is 0.273 e. The highest BCUT2D eigenvalue weighted by Crippen LogP contribution is 2.20. The van der Waals surface area contributed by atoms with Crippen molar-refractivity contribution in [3.8, 4) is 5.69 Å².